The SMILES string of the molecule is COc1cc(OC)c2c(-c3ccc(Br)cc3)c3oc2c1Cc1oc2c(c(OC)cc(OC)c2c1-c1ccc(Br)cc1)Cc1oc2c(c(OC)cc(OC)c2c1-c1ccc(Br)cc1)C3. The number of furan rings is 3. The molecule has 318 valence electrons. The Morgan fingerprint density at radius 2 is 0.587 bits per heavy atom. The number of hydrogen-bond acceptors (Lipinski definition) is 9. The zero-order chi connectivity index (χ0) is 43.7. The van der Waals surface area contributed by atoms with Crippen LogP contribution in [0.2, 0.25) is 0 Å². The van der Waals surface area contributed by atoms with E-state index in [1.807, 2.05) is 54.6 Å². The van der Waals surface area contributed by atoms with Gasteiger partial charge in [0.1, 0.15) is 68.5 Å². The first-order valence-electron chi connectivity index (χ1n) is 20.0. The molecule has 6 bridgehead atoms. The van der Waals surface area contributed by atoms with E-state index in [0.717, 1.165) is 79.6 Å². The molecule has 0 radical (unpaired) electrons. The highest BCUT2D eigenvalue weighted by Crippen LogP contribution is 2.53. The number of halogens is 3. The largest absolute Gasteiger partial charge is 0.496 e. The van der Waals surface area contributed by atoms with Crippen LogP contribution in [0.15, 0.2) is 118 Å². The van der Waals surface area contributed by atoms with Crippen LogP contribution in [0, 0.1) is 0 Å². The van der Waals surface area contributed by atoms with Gasteiger partial charge in [0.05, 0.1) is 58.8 Å². The van der Waals surface area contributed by atoms with Crippen molar-refractivity contribution in [2.75, 3.05) is 42.7 Å². The monoisotopic (exact) mass is 1030 g/mol. The maximum atomic E-state index is 7.25. The molecular formula is C51H39Br3O9. The van der Waals surface area contributed by atoms with Crippen LogP contribution in [0.1, 0.15) is 34.0 Å². The van der Waals surface area contributed by atoms with Crippen LogP contribution in [-0.4, -0.2) is 42.7 Å². The first kappa shape index (κ1) is 41.2. The van der Waals surface area contributed by atoms with E-state index in [0.29, 0.717) is 68.5 Å². The Labute approximate surface area is 388 Å². The molecule has 1 aliphatic rings. The van der Waals surface area contributed by atoms with Crippen LogP contribution in [0.25, 0.3) is 66.3 Å². The lowest BCUT2D eigenvalue weighted by molar-refractivity contribution is 0.391. The highest BCUT2D eigenvalue weighted by molar-refractivity contribution is 9.11. The molecule has 1 aliphatic heterocycles. The molecule has 0 fully saturated rings. The summed E-state index contributed by atoms with van der Waals surface area (Å²) in [5.74, 6) is 5.54. The fraction of sp³-hybridized carbons (Fsp3) is 0.176. The van der Waals surface area contributed by atoms with Gasteiger partial charge in [-0.2, -0.15) is 0 Å². The molecule has 0 unspecified atom stereocenters. The van der Waals surface area contributed by atoms with Gasteiger partial charge in [-0.25, -0.2) is 0 Å². The van der Waals surface area contributed by atoms with E-state index in [1.54, 1.807) is 42.7 Å². The van der Waals surface area contributed by atoms with Crippen molar-refractivity contribution < 1.29 is 41.7 Å². The average molecular weight is 1040 g/mol. The number of rotatable bonds is 9. The summed E-state index contributed by atoms with van der Waals surface area (Å²) in [4.78, 5) is 0. The molecule has 10 rings (SSSR count). The third kappa shape index (κ3) is 6.76. The minimum Gasteiger partial charge on any atom is -0.496 e. The molecular weight excluding hydrogens is 996 g/mol. The second-order valence-corrected chi connectivity index (χ2v) is 17.9. The van der Waals surface area contributed by atoms with Crippen molar-refractivity contribution in [1.82, 2.24) is 0 Å². The Balaban J connectivity index is 1.42. The molecule has 9 aromatic rings. The van der Waals surface area contributed by atoms with E-state index in [9.17, 15) is 0 Å². The van der Waals surface area contributed by atoms with Gasteiger partial charge in [0.2, 0.25) is 0 Å². The van der Waals surface area contributed by atoms with Crippen molar-refractivity contribution in [3.05, 3.63) is 138 Å². The minimum absolute atomic E-state index is 0.284. The van der Waals surface area contributed by atoms with E-state index in [1.165, 1.54) is 0 Å². The van der Waals surface area contributed by atoms with Gasteiger partial charge in [0.25, 0.3) is 0 Å². The van der Waals surface area contributed by atoms with Gasteiger partial charge in [-0.15, -0.1) is 0 Å². The molecule has 0 saturated carbocycles. The van der Waals surface area contributed by atoms with E-state index in [-0.39, 0.29) is 19.3 Å². The predicted octanol–water partition coefficient (Wildman–Crippen LogP) is 14.4. The second kappa shape index (κ2) is 16.4. The first-order valence-corrected chi connectivity index (χ1v) is 22.4. The molecule has 0 aliphatic carbocycles. The Morgan fingerprint density at radius 3 is 0.810 bits per heavy atom. The van der Waals surface area contributed by atoms with E-state index in [2.05, 4.69) is 84.2 Å². The summed E-state index contributed by atoms with van der Waals surface area (Å²) in [5.41, 5.74) is 9.52. The predicted molar refractivity (Wildman–Crippen MR) is 256 cm³/mol. The van der Waals surface area contributed by atoms with Crippen molar-refractivity contribution in [2.45, 2.75) is 19.3 Å². The number of methoxy groups -OCH3 is 6. The highest BCUT2D eigenvalue weighted by Gasteiger charge is 2.33. The zero-order valence-electron chi connectivity index (χ0n) is 35.1. The van der Waals surface area contributed by atoms with Gasteiger partial charge in [0, 0.05) is 84.3 Å². The van der Waals surface area contributed by atoms with Gasteiger partial charge in [-0.05, 0) is 53.1 Å². The molecule has 63 heavy (non-hydrogen) atoms. The molecule has 3 aromatic heterocycles. The van der Waals surface area contributed by atoms with Crippen LogP contribution in [-0.2, 0) is 19.3 Å². The Kier molecular flexibility index (Phi) is 10.7. The molecule has 6 aromatic carbocycles. The molecule has 12 heteroatoms. The maximum Gasteiger partial charge on any atom is 0.146 e. The molecule has 4 heterocycles. The third-order valence-electron chi connectivity index (χ3n) is 11.9. The zero-order valence-corrected chi connectivity index (χ0v) is 39.8. The van der Waals surface area contributed by atoms with Gasteiger partial charge >= 0.3 is 0 Å². The third-order valence-corrected chi connectivity index (χ3v) is 13.5. The van der Waals surface area contributed by atoms with Crippen LogP contribution in [0.5, 0.6) is 34.5 Å². The topological polar surface area (TPSA) is 94.8 Å². The van der Waals surface area contributed by atoms with Crippen molar-refractivity contribution in [3.63, 3.8) is 0 Å². The minimum atomic E-state index is 0.284. The first-order chi connectivity index (χ1) is 30.7. The number of hydrogen-bond donors (Lipinski definition) is 0. The molecule has 0 amide bonds. The van der Waals surface area contributed by atoms with E-state index in [4.69, 9.17) is 41.7 Å². The van der Waals surface area contributed by atoms with Crippen LogP contribution in [0.3, 0.4) is 0 Å². The summed E-state index contributed by atoms with van der Waals surface area (Å²) in [7, 11) is 9.95. The smallest absolute Gasteiger partial charge is 0.146 e. The van der Waals surface area contributed by atoms with Gasteiger partial charge < -0.3 is 41.7 Å². The fourth-order valence-electron chi connectivity index (χ4n) is 9.10. The van der Waals surface area contributed by atoms with Crippen molar-refractivity contribution in [3.8, 4) is 67.9 Å². The summed E-state index contributed by atoms with van der Waals surface area (Å²) in [6.45, 7) is 0. The molecule has 0 spiro atoms. The van der Waals surface area contributed by atoms with Crippen LogP contribution in [0.4, 0.5) is 0 Å². The highest BCUT2D eigenvalue weighted by atomic mass is 79.9. The number of fused-ring (bicyclic) bond motifs is 3. The van der Waals surface area contributed by atoms with Gasteiger partial charge in [-0.1, -0.05) is 84.2 Å². The lowest BCUT2D eigenvalue weighted by Crippen LogP contribution is -1.98. The summed E-state index contributed by atoms with van der Waals surface area (Å²) < 4.78 is 61.7. The van der Waals surface area contributed by atoms with Crippen LogP contribution >= 0.6 is 47.8 Å². The molecule has 0 atom stereocenters. The average Bonchev–Trinajstić information content (AvgIpc) is 3.99. The summed E-state index contributed by atoms with van der Waals surface area (Å²) in [5, 5.41) is 2.37. The van der Waals surface area contributed by atoms with Crippen LogP contribution < -0.4 is 28.4 Å². The summed E-state index contributed by atoms with van der Waals surface area (Å²) in [6.07, 6.45) is 0.851. The van der Waals surface area contributed by atoms with Crippen molar-refractivity contribution in [1.29, 1.82) is 0 Å². The lowest BCUT2D eigenvalue weighted by Gasteiger charge is -2.14. The Bertz CT molecular complexity index is 2890. The summed E-state index contributed by atoms with van der Waals surface area (Å²) >= 11 is 10.9. The molecule has 9 nitrogen and oxygen atoms in total. The van der Waals surface area contributed by atoms with E-state index >= 15 is 0 Å². The van der Waals surface area contributed by atoms with Gasteiger partial charge in [-0.3, -0.25) is 0 Å². The summed E-state index contributed by atoms with van der Waals surface area (Å²) in [6, 6.07) is 30.3. The maximum absolute atomic E-state index is 7.25. The quantitative estimate of drug-likeness (QED) is 0.140. The molecule has 0 saturated heterocycles. The number of benzene rings is 6. The van der Waals surface area contributed by atoms with Crippen molar-refractivity contribution >= 4 is 80.7 Å². The van der Waals surface area contributed by atoms with E-state index < -0.39 is 0 Å². The Morgan fingerprint density at radius 1 is 0.349 bits per heavy atom. The number of ether oxygens (including phenoxy) is 6. The van der Waals surface area contributed by atoms with Crippen molar-refractivity contribution in [2.24, 2.45) is 0 Å². The Hall–Kier alpha value is -5.82. The van der Waals surface area contributed by atoms with Gasteiger partial charge in [0.15, 0.2) is 0 Å². The second-order valence-electron chi connectivity index (χ2n) is 15.1. The fourth-order valence-corrected chi connectivity index (χ4v) is 9.89. The molecule has 0 N–H and O–H groups in total. The lowest BCUT2D eigenvalue weighted by atomic mass is 9.92. The normalized spacial score (nSPS) is 12.3. The standard InChI is InChI=1S/C51H39Br3O9/c1-55-34-22-37(58-4)46-44(26-9-15-29(53)16-10-26)41-20-32-35(56-2)24-39(60-6)48-45(27-11-17-30(54)18-12-27)42(63-51(32)48)21-33-36(57-3)23-38(59-5)47-43(25-7-13-28(52)14-8-25)40(62-50(33)47)19-31(34)49(46)61-41/h7-18,22-24H,19-21H2,1-6H3.